The monoisotopic (exact) mass is 294 g/mol. The van der Waals surface area contributed by atoms with Gasteiger partial charge in [-0.3, -0.25) is 4.79 Å². The van der Waals surface area contributed by atoms with Gasteiger partial charge in [0.05, 0.1) is 0 Å². The predicted molar refractivity (Wildman–Crippen MR) is 83.2 cm³/mol. The number of hydrogen-bond acceptors (Lipinski definition) is 2. The molecule has 20 heavy (non-hydrogen) atoms. The molecule has 4 heteroatoms. The van der Waals surface area contributed by atoms with Crippen molar-refractivity contribution in [3.63, 3.8) is 0 Å². The second kappa shape index (κ2) is 7.09. The van der Waals surface area contributed by atoms with Crippen molar-refractivity contribution < 1.29 is 4.79 Å². The molecule has 0 spiro atoms. The second-order valence-corrected chi connectivity index (χ2v) is 6.33. The number of hydrogen-bond donors (Lipinski definition) is 1. The van der Waals surface area contributed by atoms with Gasteiger partial charge in [0.25, 0.3) is 5.91 Å². The molecule has 2 rings (SSSR count). The Labute approximate surface area is 126 Å². The summed E-state index contributed by atoms with van der Waals surface area (Å²) in [7, 11) is 0. The minimum absolute atomic E-state index is 0.0879. The number of nitrogens with one attached hydrogen (secondary N) is 1. The summed E-state index contributed by atoms with van der Waals surface area (Å²) in [5, 5.41) is 4.15. The van der Waals surface area contributed by atoms with E-state index in [9.17, 15) is 4.79 Å². The van der Waals surface area contributed by atoms with E-state index < -0.39 is 0 Å². The van der Waals surface area contributed by atoms with Gasteiger partial charge >= 0.3 is 0 Å². The van der Waals surface area contributed by atoms with Gasteiger partial charge in [0.1, 0.15) is 0 Å². The zero-order chi connectivity index (χ0) is 14.5. The van der Waals surface area contributed by atoms with Gasteiger partial charge < -0.3 is 10.2 Å². The molecule has 3 nitrogen and oxygen atoms in total. The molecule has 0 aromatic heterocycles. The zero-order valence-corrected chi connectivity index (χ0v) is 13.0. The van der Waals surface area contributed by atoms with E-state index in [0.29, 0.717) is 22.5 Å². The lowest BCUT2D eigenvalue weighted by atomic mass is 10.0. The lowest BCUT2D eigenvalue weighted by Gasteiger charge is -2.25. The molecule has 1 saturated heterocycles. The fourth-order valence-corrected chi connectivity index (χ4v) is 2.90. The Morgan fingerprint density at radius 1 is 1.50 bits per heavy atom. The van der Waals surface area contributed by atoms with E-state index >= 15 is 0 Å². The minimum Gasteiger partial charge on any atom is -0.337 e. The number of rotatable bonds is 3. The molecular formula is C16H23ClN2O. The van der Waals surface area contributed by atoms with Crippen molar-refractivity contribution in [2.24, 2.45) is 5.92 Å². The van der Waals surface area contributed by atoms with E-state index in [1.165, 1.54) is 0 Å². The number of amides is 1. The lowest BCUT2D eigenvalue weighted by Crippen LogP contribution is -2.41. The third-order valence-electron chi connectivity index (χ3n) is 3.59. The van der Waals surface area contributed by atoms with Gasteiger partial charge in [-0.25, -0.2) is 0 Å². The van der Waals surface area contributed by atoms with Crippen LogP contribution < -0.4 is 5.32 Å². The number of carbonyl (C=O) groups excluding carboxylic acids is 1. The molecule has 1 aliphatic heterocycles. The highest BCUT2D eigenvalue weighted by Gasteiger charge is 2.23. The van der Waals surface area contributed by atoms with Gasteiger partial charge in [0.15, 0.2) is 0 Å². The van der Waals surface area contributed by atoms with Crippen LogP contribution in [0.5, 0.6) is 0 Å². The first-order valence-corrected chi connectivity index (χ1v) is 7.72. The normalized spacial score (nSPS) is 20.0. The Bertz CT molecular complexity index is 462. The lowest BCUT2D eigenvalue weighted by molar-refractivity contribution is 0.0749. The molecule has 1 N–H and O–H groups in total. The summed E-state index contributed by atoms with van der Waals surface area (Å²) in [6, 6.07) is 7.60. The average Bonchev–Trinajstić information content (AvgIpc) is 2.62. The van der Waals surface area contributed by atoms with E-state index in [1.807, 2.05) is 17.0 Å². The van der Waals surface area contributed by atoms with Crippen LogP contribution in [0.4, 0.5) is 0 Å². The van der Waals surface area contributed by atoms with Crippen LogP contribution in [0.15, 0.2) is 24.3 Å². The van der Waals surface area contributed by atoms with Crippen LogP contribution in [0.1, 0.15) is 37.0 Å². The SMILES string of the molecule is CC(C)CC1CN(C(=O)c2cccc(Cl)c2)CCCN1. The maximum Gasteiger partial charge on any atom is 0.253 e. The summed E-state index contributed by atoms with van der Waals surface area (Å²) in [5.74, 6) is 0.721. The molecule has 0 bridgehead atoms. The summed E-state index contributed by atoms with van der Waals surface area (Å²) in [6.07, 6.45) is 2.10. The molecule has 1 amide bonds. The van der Waals surface area contributed by atoms with Gasteiger partial charge in [0, 0.05) is 29.7 Å². The topological polar surface area (TPSA) is 32.3 Å². The Morgan fingerprint density at radius 2 is 2.30 bits per heavy atom. The zero-order valence-electron chi connectivity index (χ0n) is 12.2. The van der Waals surface area contributed by atoms with Crippen LogP contribution in [-0.4, -0.2) is 36.5 Å². The van der Waals surface area contributed by atoms with Crippen molar-refractivity contribution in [1.29, 1.82) is 0 Å². The van der Waals surface area contributed by atoms with Gasteiger partial charge in [-0.1, -0.05) is 31.5 Å². The largest absolute Gasteiger partial charge is 0.337 e. The first-order chi connectivity index (χ1) is 9.56. The number of benzene rings is 1. The summed E-state index contributed by atoms with van der Waals surface area (Å²) >= 11 is 5.97. The quantitative estimate of drug-likeness (QED) is 0.928. The third kappa shape index (κ3) is 4.22. The molecule has 1 atom stereocenters. The van der Waals surface area contributed by atoms with Crippen LogP contribution in [0.3, 0.4) is 0 Å². The molecule has 1 fully saturated rings. The fraction of sp³-hybridized carbons (Fsp3) is 0.562. The third-order valence-corrected chi connectivity index (χ3v) is 3.83. The van der Waals surface area contributed by atoms with Crippen molar-refractivity contribution in [2.45, 2.75) is 32.7 Å². The van der Waals surface area contributed by atoms with E-state index in [0.717, 1.165) is 32.5 Å². The number of nitrogens with zero attached hydrogens (tertiary/aromatic N) is 1. The molecule has 0 radical (unpaired) electrons. The highest BCUT2D eigenvalue weighted by atomic mass is 35.5. The van der Waals surface area contributed by atoms with Gasteiger partial charge in [-0.05, 0) is 43.5 Å². The van der Waals surface area contributed by atoms with Gasteiger partial charge in [-0.2, -0.15) is 0 Å². The molecule has 1 unspecified atom stereocenters. The van der Waals surface area contributed by atoms with Crippen molar-refractivity contribution in [3.05, 3.63) is 34.9 Å². The molecule has 1 aliphatic rings. The minimum atomic E-state index is 0.0879. The molecular weight excluding hydrogens is 272 g/mol. The molecule has 1 aromatic rings. The van der Waals surface area contributed by atoms with Gasteiger partial charge in [0.2, 0.25) is 0 Å². The molecule has 1 heterocycles. The first-order valence-electron chi connectivity index (χ1n) is 7.34. The summed E-state index contributed by atoms with van der Waals surface area (Å²) < 4.78 is 0. The molecule has 0 saturated carbocycles. The van der Waals surface area contributed by atoms with Crippen LogP contribution in [0.25, 0.3) is 0 Å². The van der Waals surface area contributed by atoms with Crippen molar-refractivity contribution in [1.82, 2.24) is 10.2 Å². The van der Waals surface area contributed by atoms with Crippen molar-refractivity contribution >= 4 is 17.5 Å². The van der Waals surface area contributed by atoms with Crippen molar-refractivity contribution in [2.75, 3.05) is 19.6 Å². The maximum atomic E-state index is 12.6. The molecule has 0 aliphatic carbocycles. The highest BCUT2D eigenvalue weighted by Crippen LogP contribution is 2.15. The summed E-state index contributed by atoms with van der Waals surface area (Å²) in [5.41, 5.74) is 0.683. The molecule has 110 valence electrons. The second-order valence-electron chi connectivity index (χ2n) is 5.90. The number of carbonyl (C=O) groups is 1. The van der Waals surface area contributed by atoms with Crippen LogP contribution in [0.2, 0.25) is 5.02 Å². The standard InChI is InChI=1S/C16H23ClN2O/c1-12(2)9-15-11-19(8-4-7-18-15)16(20)13-5-3-6-14(17)10-13/h3,5-6,10,12,15,18H,4,7-9,11H2,1-2H3. The Morgan fingerprint density at radius 3 is 3.00 bits per heavy atom. The Kier molecular flexibility index (Phi) is 5.44. The predicted octanol–water partition coefficient (Wildman–Crippen LogP) is 3.19. The summed E-state index contributed by atoms with van der Waals surface area (Å²) in [4.78, 5) is 14.5. The number of halogens is 1. The first kappa shape index (κ1) is 15.3. The van der Waals surface area contributed by atoms with E-state index in [4.69, 9.17) is 11.6 Å². The average molecular weight is 295 g/mol. The maximum absolute atomic E-state index is 12.6. The Balaban J connectivity index is 2.07. The molecule has 1 aromatic carbocycles. The summed E-state index contributed by atoms with van der Waals surface area (Å²) in [6.45, 7) is 7.01. The van der Waals surface area contributed by atoms with Crippen LogP contribution >= 0.6 is 11.6 Å². The van der Waals surface area contributed by atoms with Crippen LogP contribution in [0, 0.1) is 5.92 Å². The van der Waals surface area contributed by atoms with E-state index in [-0.39, 0.29) is 5.91 Å². The smallest absolute Gasteiger partial charge is 0.253 e. The Hall–Kier alpha value is -1.06. The van der Waals surface area contributed by atoms with Gasteiger partial charge in [-0.15, -0.1) is 0 Å². The van der Waals surface area contributed by atoms with E-state index in [1.54, 1.807) is 12.1 Å². The van der Waals surface area contributed by atoms with Crippen molar-refractivity contribution in [3.8, 4) is 0 Å². The van der Waals surface area contributed by atoms with Crippen LogP contribution in [-0.2, 0) is 0 Å². The van der Waals surface area contributed by atoms with E-state index in [2.05, 4.69) is 19.2 Å². The fourth-order valence-electron chi connectivity index (χ4n) is 2.71. The highest BCUT2D eigenvalue weighted by molar-refractivity contribution is 6.30.